The molecule has 0 heterocycles. The summed E-state index contributed by atoms with van der Waals surface area (Å²) in [5, 5.41) is 11.3. The van der Waals surface area contributed by atoms with Crippen LogP contribution in [0.2, 0.25) is 0 Å². The van der Waals surface area contributed by atoms with Gasteiger partial charge >= 0.3 is 0 Å². The van der Waals surface area contributed by atoms with Crippen LogP contribution in [0.5, 0.6) is 5.75 Å². The average Bonchev–Trinajstić information content (AvgIpc) is 2.93. The number of benzene rings is 2. The minimum atomic E-state index is -0.634. The third kappa shape index (κ3) is 12.0. The number of rotatable bonds is 17. The van der Waals surface area contributed by atoms with Crippen LogP contribution in [0.1, 0.15) is 40.7 Å². The number of carbonyl (C=O) groups excluding carboxylic acids is 3. The Morgan fingerprint density at radius 2 is 1.51 bits per heavy atom. The normalized spacial score (nSPS) is 10.6. The summed E-state index contributed by atoms with van der Waals surface area (Å²) < 4.78 is 16.5. The summed E-state index contributed by atoms with van der Waals surface area (Å²) in [6, 6.07) is 13.6. The third-order valence-electron chi connectivity index (χ3n) is 4.99. The standard InChI is InChI=1S/C28H32N2O7/c1-2-3-4-5-26(31)29-16-17-35-18-19-36-20-21-37-25-13-11-24(12-14-25)28(33)23-9-6-22(7-10-23)8-15-27(32)30-34/h1,6-15,34H,3-5,16-21H2,(H,29,31)(H,30,32)/b15-8+. The maximum atomic E-state index is 12.7. The molecular formula is C28H32N2O7. The first-order chi connectivity index (χ1) is 18.0. The lowest BCUT2D eigenvalue weighted by atomic mass is 10.0. The predicted octanol–water partition coefficient (Wildman–Crippen LogP) is 2.77. The van der Waals surface area contributed by atoms with Crippen molar-refractivity contribution >= 4 is 23.7 Å². The topological polar surface area (TPSA) is 123 Å². The molecule has 0 spiro atoms. The number of terminal acetylenes is 1. The molecule has 3 N–H and O–H groups in total. The van der Waals surface area contributed by atoms with Crippen molar-refractivity contribution in [3.63, 3.8) is 0 Å². The molecular weight excluding hydrogens is 476 g/mol. The number of nitrogens with one attached hydrogen (secondary N) is 2. The second kappa shape index (κ2) is 17.5. The van der Waals surface area contributed by atoms with Gasteiger partial charge < -0.3 is 19.5 Å². The van der Waals surface area contributed by atoms with Crippen LogP contribution in [0.25, 0.3) is 6.08 Å². The molecule has 0 radical (unpaired) electrons. The summed E-state index contributed by atoms with van der Waals surface area (Å²) in [6.45, 7) is 2.43. The highest BCUT2D eigenvalue weighted by molar-refractivity contribution is 6.09. The predicted molar refractivity (Wildman–Crippen MR) is 138 cm³/mol. The van der Waals surface area contributed by atoms with E-state index in [1.807, 2.05) is 0 Å². The number of hydrogen-bond donors (Lipinski definition) is 3. The molecule has 0 fully saturated rings. The molecule has 0 atom stereocenters. The van der Waals surface area contributed by atoms with Gasteiger partial charge in [-0.25, -0.2) is 5.48 Å². The van der Waals surface area contributed by atoms with E-state index in [1.54, 1.807) is 48.5 Å². The lowest BCUT2D eigenvalue weighted by Gasteiger charge is -2.09. The number of ketones is 1. The Kier molecular flexibility index (Phi) is 13.8. The van der Waals surface area contributed by atoms with E-state index in [4.69, 9.17) is 25.8 Å². The van der Waals surface area contributed by atoms with Crippen molar-refractivity contribution in [1.29, 1.82) is 0 Å². The van der Waals surface area contributed by atoms with Crippen LogP contribution < -0.4 is 15.5 Å². The van der Waals surface area contributed by atoms with Crippen LogP contribution in [0.3, 0.4) is 0 Å². The molecule has 0 bridgehead atoms. The fourth-order valence-electron chi connectivity index (χ4n) is 3.07. The van der Waals surface area contributed by atoms with Crippen molar-refractivity contribution in [2.75, 3.05) is 39.6 Å². The van der Waals surface area contributed by atoms with Crippen LogP contribution in [0.4, 0.5) is 0 Å². The van der Waals surface area contributed by atoms with E-state index in [0.29, 0.717) is 81.3 Å². The van der Waals surface area contributed by atoms with Crippen LogP contribution in [0.15, 0.2) is 54.6 Å². The van der Waals surface area contributed by atoms with Crippen molar-refractivity contribution in [2.24, 2.45) is 0 Å². The highest BCUT2D eigenvalue weighted by Crippen LogP contribution is 2.16. The molecule has 2 aromatic rings. The van der Waals surface area contributed by atoms with Crippen molar-refractivity contribution < 1.29 is 33.8 Å². The van der Waals surface area contributed by atoms with Gasteiger partial charge in [-0.2, -0.15) is 0 Å². The van der Waals surface area contributed by atoms with Crippen molar-refractivity contribution in [1.82, 2.24) is 10.8 Å². The summed E-state index contributed by atoms with van der Waals surface area (Å²) >= 11 is 0. The van der Waals surface area contributed by atoms with E-state index in [9.17, 15) is 14.4 Å². The number of carbonyl (C=O) groups is 3. The van der Waals surface area contributed by atoms with Gasteiger partial charge in [-0.15, -0.1) is 12.3 Å². The zero-order chi connectivity index (χ0) is 26.7. The van der Waals surface area contributed by atoms with Gasteiger partial charge in [0.2, 0.25) is 5.91 Å². The summed E-state index contributed by atoms with van der Waals surface area (Å²) in [5.74, 6) is 2.33. The lowest BCUT2D eigenvalue weighted by Crippen LogP contribution is -2.27. The Morgan fingerprint density at radius 3 is 2.16 bits per heavy atom. The molecule has 9 heteroatoms. The quantitative estimate of drug-likeness (QED) is 0.0750. The minimum absolute atomic E-state index is 0.0278. The first kappa shape index (κ1) is 29.3. The molecule has 0 aliphatic heterocycles. The second-order valence-electron chi connectivity index (χ2n) is 7.77. The Labute approximate surface area is 216 Å². The zero-order valence-corrected chi connectivity index (χ0v) is 20.6. The molecule has 2 rings (SSSR count). The molecule has 0 unspecified atom stereocenters. The van der Waals surface area contributed by atoms with Crippen LogP contribution in [0, 0.1) is 12.3 Å². The van der Waals surface area contributed by atoms with Gasteiger partial charge in [-0.05, 0) is 42.3 Å². The number of ether oxygens (including phenoxy) is 3. The molecule has 0 aliphatic carbocycles. The molecule has 0 saturated carbocycles. The molecule has 0 aliphatic rings. The fraction of sp³-hybridized carbons (Fsp3) is 0.321. The van der Waals surface area contributed by atoms with E-state index in [0.717, 1.165) is 0 Å². The van der Waals surface area contributed by atoms with Gasteiger partial charge in [0, 0.05) is 36.6 Å². The SMILES string of the molecule is C#CCCCC(=O)NCCOCCOCCOc1ccc(C(=O)c2ccc(/C=C/C(=O)NO)cc2)cc1. The molecule has 0 aromatic heterocycles. The Balaban J connectivity index is 1.59. The second-order valence-corrected chi connectivity index (χ2v) is 7.77. The van der Waals surface area contributed by atoms with E-state index in [1.165, 1.54) is 17.6 Å². The summed E-state index contributed by atoms with van der Waals surface area (Å²) in [6.07, 6.45) is 9.57. The van der Waals surface area contributed by atoms with Crippen molar-refractivity contribution in [3.8, 4) is 18.1 Å². The number of hydrogen-bond acceptors (Lipinski definition) is 7. The zero-order valence-electron chi connectivity index (χ0n) is 20.6. The maximum absolute atomic E-state index is 12.7. The van der Waals surface area contributed by atoms with E-state index < -0.39 is 5.91 Å². The lowest BCUT2D eigenvalue weighted by molar-refractivity contribution is -0.124. The first-order valence-corrected chi connectivity index (χ1v) is 11.9. The molecule has 2 aromatic carbocycles. The first-order valence-electron chi connectivity index (χ1n) is 11.9. The average molecular weight is 509 g/mol. The van der Waals surface area contributed by atoms with Gasteiger partial charge in [-0.3, -0.25) is 19.6 Å². The number of hydroxylamine groups is 1. The van der Waals surface area contributed by atoms with Gasteiger partial charge in [0.15, 0.2) is 5.78 Å². The van der Waals surface area contributed by atoms with Crippen LogP contribution in [-0.2, 0) is 19.1 Å². The van der Waals surface area contributed by atoms with Gasteiger partial charge in [0.25, 0.3) is 5.91 Å². The van der Waals surface area contributed by atoms with Crippen LogP contribution >= 0.6 is 0 Å². The van der Waals surface area contributed by atoms with Crippen molar-refractivity contribution in [3.05, 3.63) is 71.3 Å². The third-order valence-corrected chi connectivity index (χ3v) is 4.99. The maximum Gasteiger partial charge on any atom is 0.267 e. The molecule has 0 saturated heterocycles. The van der Waals surface area contributed by atoms with E-state index >= 15 is 0 Å². The van der Waals surface area contributed by atoms with Crippen LogP contribution in [-0.4, -0.2) is 62.4 Å². The van der Waals surface area contributed by atoms with E-state index in [-0.39, 0.29) is 11.7 Å². The van der Waals surface area contributed by atoms with Gasteiger partial charge in [0.1, 0.15) is 12.4 Å². The van der Waals surface area contributed by atoms with E-state index in [2.05, 4.69) is 11.2 Å². The molecule has 37 heavy (non-hydrogen) atoms. The number of unbranched alkanes of at least 4 members (excludes halogenated alkanes) is 1. The molecule has 9 nitrogen and oxygen atoms in total. The monoisotopic (exact) mass is 508 g/mol. The smallest absolute Gasteiger partial charge is 0.267 e. The molecule has 2 amide bonds. The summed E-state index contributed by atoms with van der Waals surface area (Å²) in [4.78, 5) is 35.2. The minimum Gasteiger partial charge on any atom is -0.491 e. The van der Waals surface area contributed by atoms with Gasteiger partial charge in [0.05, 0.1) is 26.4 Å². The highest BCUT2D eigenvalue weighted by Gasteiger charge is 2.09. The van der Waals surface area contributed by atoms with Gasteiger partial charge in [-0.1, -0.05) is 24.3 Å². The Morgan fingerprint density at radius 1 is 0.892 bits per heavy atom. The Bertz CT molecular complexity index is 1060. The van der Waals surface area contributed by atoms with Crippen molar-refractivity contribution in [2.45, 2.75) is 19.3 Å². The fourth-order valence-corrected chi connectivity index (χ4v) is 3.07. The Hall–Kier alpha value is -3.97. The number of amides is 2. The summed E-state index contributed by atoms with van der Waals surface area (Å²) in [5.41, 5.74) is 3.26. The summed E-state index contributed by atoms with van der Waals surface area (Å²) in [7, 11) is 0. The molecule has 196 valence electrons. The largest absolute Gasteiger partial charge is 0.491 e. The highest BCUT2D eigenvalue weighted by atomic mass is 16.5.